The van der Waals surface area contributed by atoms with Gasteiger partial charge >= 0.3 is 6.18 Å². The summed E-state index contributed by atoms with van der Waals surface area (Å²) in [5.74, 6) is 0. The molecule has 0 bridgehead atoms. The molecule has 0 spiro atoms. The number of nitrogens with zero attached hydrogens (tertiary/aromatic N) is 3. The number of rotatable bonds is 5. The van der Waals surface area contributed by atoms with Gasteiger partial charge < -0.3 is 5.32 Å². The first kappa shape index (κ1) is 21.6. The molecule has 1 heterocycles. The number of hydrogen-bond acceptors (Lipinski definition) is 5. The molecule has 9 heteroatoms. The maximum absolute atomic E-state index is 12.9. The summed E-state index contributed by atoms with van der Waals surface area (Å²) in [6.45, 7) is 3.45. The summed E-state index contributed by atoms with van der Waals surface area (Å²) in [6.07, 6.45) is -2.88. The van der Waals surface area contributed by atoms with Crippen LogP contribution in [0.5, 0.6) is 0 Å². The van der Waals surface area contributed by atoms with Crippen molar-refractivity contribution in [3.05, 3.63) is 68.8 Å². The van der Waals surface area contributed by atoms with E-state index in [1.807, 2.05) is 6.07 Å². The first-order valence-corrected chi connectivity index (χ1v) is 9.51. The maximum atomic E-state index is 12.9. The molecule has 0 aliphatic carbocycles. The second kappa shape index (κ2) is 8.71. The molecule has 2 aromatic rings. The molecule has 0 aromatic heterocycles. The van der Waals surface area contributed by atoms with Crippen molar-refractivity contribution < 1.29 is 18.1 Å². The summed E-state index contributed by atoms with van der Waals surface area (Å²) >= 11 is 0. The highest BCUT2D eigenvalue weighted by Crippen LogP contribution is 2.31. The number of likely N-dealkylation sites (tertiary alicyclic amines) is 1. The monoisotopic (exact) mass is 418 g/mol. The topological polar surface area (TPSA) is 82.2 Å². The number of nitro groups is 1. The third-order valence-corrected chi connectivity index (χ3v) is 5.31. The summed E-state index contributed by atoms with van der Waals surface area (Å²) in [5, 5.41) is 23.7. The van der Waals surface area contributed by atoms with Crippen LogP contribution in [0.1, 0.15) is 35.1 Å². The van der Waals surface area contributed by atoms with Crippen LogP contribution in [0.3, 0.4) is 0 Å². The Kier molecular flexibility index (Phi) is 6.27. The van der Waals surface area contributed by atoms with Crippen LogP contribution in [0.25, 0.3) is 0 Å². The smallest absolute Gasteiger partial charge is 0.382 e. The van der Waals surface area contributed by atoms with Crippen molar-refractivity contribution in [1.82, 2.24) is 4.90 Å². The lowest BCUT2D eigenvalue weighted by Gasteiger charge is -2.33. The van der Waals surface area contributed by atoms with E-state index in [9.17, 15) is 23.3 Å². The maximum Gasteiger partial charge on any atom is 0.416 e. The van der Waals surface area contributed by atoms with Crippen LogP contribution in [0, 0.1) is 28.4 Å². The summed E-state index contributed by atoms with van der Waals surface area (Å²) in [7, 11) is 0. The molecule has 0 radical (unpaired) electrons. The molecule has 0 saturated carbocycles. The highest BCUT2D eigenvalue weighted by molar-refractivity contribution is 5.64. The van der Waals surface area contributed by atoms with Crippen LogP contribution in [-0.2, 0) is 12.7 Å². The average Bonchev–Trinajstić information content (AvgIpc) is 2.70. The highest BCUT2D eigenvalue weighted by atomic mass is 19.4. The zero-order chi connectivity index (χ0) is 21.9. The first-order valence-electron chi connectivity index (χ1n) is 9.51. The van der Waals surface area contributed by atoms with Gasteiger partial charge in [0, 0.05) is 43.0 Å². The van der Waals surface area contributed by atoms with Crippen LogP contribution in [0.15, 0.2) is 36.4 Å². The van der Waals surface area contributed by atoms with Gasteiger partial charge in [0.15, 0.2) is 0 Å². The van der Waals surface area contributed by atoms with E-state index in [0.717, 1.165) is 18.9 Å². The van der Waals surface area contributed by atoms with Gasteiger partial charge in [-0.2, -0.15) is 18.4 Å². The fraction of sp³-hybridized carbons (Fsp3) is 0.381. The number of anilines is 1. The van der Waals surface area contributed by atoms with Crippen molar-refractivity contribution in [3.8, 4) is 6.07 Å². The number of hydrogen-bond donors (Lipinski definition) is 1. The third kappa shape index (κ3) is 5.07. The number of nitriles is 1. The quantitative estimate of drug-likeness (QED) is 0.553. The number of piperidine rings is 1. The zero-order valence-electron chi connectivity index (χ0n) is 16.4. The lowest BCUT2D eigenvalue weighted by Crippen LogP contribution is -2.38. The lowest BCUT2D eigenvalue weighted by atomic mass is 10.0. The lowest BCUT2D eigenvalue weighted by molar-refractivity contribution is -0.385. The Labute approximate surface area is 172 Å². The summed E-state index contributed by atoms with van der Waals surface area (Å²) < 4.78 is 38.7. The average molecular weight is 418 g/mol. The van der Waals surface area contributed by atoms with E-state index in [-0.39, 0.29) is 17.3 Å². The summed E-state index contributed by atoms with van der Waals surface area (Å²) in [6, 6.07) is 10.2. The Morgan fingerprint density at radius 2 is 1.97 bits per heavy atom. The fourth-order valence-electron chi connectivity index (χ4n) is 3.66. The zero-order valence-corrected chi connectivity index (χ0v) is 16.4. The fourth-order valence-corrected chi connectivity index (χ4v) is 3.66. The van der Waals surface area contributed by atoms with Crippen molar-refractivity contribution in [2.75, 3.05) is 18.4 Å². The predicted octanol–water partition coefficient (Wildman–Crippen LogP) is 4.87. The van der Waals surface area contributed by atoms with Crippen LogP contribution in [0.2, 0.25) is 0 Å². The second-order valence-corrected chi connectivity index (χ2v) is 7.43. The van der Waals surface area contributed by atoms with Gasteiger partial charge in [0.25, 0.3) is 5.69 Å². The SMILES string of the molecule is Cc1c(NC2CCN(Cc3cccc(C(F)(F)F)c3)CC2)cc(C#N)cc1[N+](=O)[O-]. The Morgan fingerprint density at radius 3 is 2.57 bits per heavy atom. The minimum absolute atomic E-state index is 0.0648. The predicted molar refractivity (Wildman–Crippen MR) is 106 cm³/mol. The van der Waals surface area contributed by atoms with Crippen molar-refractivity contribution in [2.45, 2.75) is 38.5 Å². The Balaban J connectivity index is 1.63. The first-order chi connectivity index (χ1) is 14.2. The molecule has 1 fully saturated rings. The Morgan fingerprint density at radius 1 is 1.27 bits per heavy atom. The van der Waals surface area contributed by atoms with Gasteiger partial charge in [0.05, 0.1) is 22.1 Å². The van der Waals surface area contributed by atoms with Crippen molar-refractivity contribution in [3.63, 3.8) is 0 Å². The van der Waals surface area contributed by atoms with Crippen LogP contribution >= 0.6 is 0 Å². The number of benzene rings is 2. The Bertz CT molecular complexity index is 977. The molecular weight excluding hydrogens is 397 g/mol. The molecule has 30 heavy (non-hydrogen) atoms. The van der Waals surface area contributed by atoms with E-state index in [1.165, 1.54) is 18.2 Å². The molecule has 2 aromatic carbocycles. The molecule has 0 unspecified atom stereocenters. The molecule has 1 aliphatic heterocycles. The van der Waals surface area contributed by atoms with Gasteiger partial charge in [-0.25, -0.2) is 0 Å². The van der Waals surface area contributed by atoms with E-state index in [2.05, 4.69) is 10.2 Å². The third-order valence-electron chi connectivity index (χ3n) is 5.31. The van der Waals surface area contributed by atoms with Crippen molar-refractivity contribution in [1.29, 1.82) is 5.26 Å². The van der Waals surface area contributed by atoms with E-state index in [1.54, 1.807) is 19.1 Å². The molecular formula is C21H21F3N4O2. The number of halogens is 3. The molecule has 0 amide bonds. The van der Waals surface area contributed by atoms with Crippen molar-refractivity contribution in [2.24, 2.45) is 0 Å². The van der Waals surface area contributed by atoms with Gasteiger partial charge in [0.2, 0.25) is 0 Å². The molecule has 1 N–H and O–H groups in total. The van der Waals surface area contributed by atoms with Crippen LogP contribution in [-0.4, -0.2) is 29.0 Å². The van der Waals surface area contributed by atoms with E-state index in [0.29, 0.717) is 36.4 Å². The number of nitro benzene ring substituents is 1. The normalized spacial score (nSPS) is 15.6. The van der Waals surface area contributed by atoms with E-state index >= 15 is 0 Å². The van der Waals surface area contributed by atoms with Crippen LogP contribution in [0.4, 0.5) is 24.5 Å². The molecule has 6 nitrogen and oxygen atoms in total. The summed E-state index contributed by atoms with van der Waals surface area (Å²) in [5.41, 5.74) is 1.13. The number of alkyl halides is 3. The van der Waals surface area contributed by atoms with E-state index < -0.39 is 16.7 Å². The second-order valence-electron chi connectivity index (χ2n) is 7.43. The minimum Gasteiger partial charge on any atom is -0.382 e. The molecule has 1 saturated heterocycles. The molecule has 3 rings (SSSR count). The number of nitrogens with one attached hydrogen (secondary N) is 1. The van der Waals surface area contributed by atoms with Gasteiger partial charge in [-0.3, -0.25) is 15.0 Å². The molecule has 158 valence electrons. The largest absolute Gasteiger partial charge is 0.416 e. The van der Waals surface area contributed by atoms with E-state index in [4.69, 9.17) is 5.26 Å². The Hall–Kier alpha value is -3.12. The van der Waals surface area contributed by atoms with Crippen LogP contribution < -0.4 is 5.32 Å². The standard InChI is InChI=1S/C21H21F3N4O2/c1-14-19(10-16(12-25)11-20(14)28(29)30)26-18-5-7-27(8-6-18)13-15-3-2-4-17(9-15)21(22,23)24/h2-4,9-11,18,26H,5-8,13H2,1H3. The molecule has 1 aliphatic rings. The van der Waals surface area contributed by atoms with Crippen molar-refractivity contribution >= 4 is 11.4 Å². The highest BCUT2D eigenvalue weighted by Gasteiger charge is 2.30. The van der Waals surface area contributed by atoms with Gasteiger partial charge in [-0.1, -0.05) is 18.2 Å². The van der Waals surface area contributed by atoms with Gasteiger partial charge in [0.1, 0.15) is 0 Å². The molecule has 0 atom stereocenters. The summed E-state index contributed by atoms with van der Waals surface area (Å²) in [4.78, 5) is 12.8. The van der Waals surface area contributed by atoms with Gasteiger partial charge in [-0.05, 0) is 37.5 Å². The minimum atomic E-state index is -4.36. The van der Waals surface area contributed by atoms with Gasteiger partial charge in [-0.15, -0.1) is 0 Å².